The van der Waals surface area contributed by atoms with Crippen molar-refractivity contribution in [2.45, 2.75) is 19.9 Å². The fourth-order valence-electron chi connectivity index (χ4n) is 2.58. The Balaban J connectivity index is 2.06. The summed E-state index contributed by atoms with van der Waals surface area (Å²) in [5, 5.41) is 1.06. The van der Waals surface area contributed by atoms with E-state index in [1.165, 1.54) is 0 Å². The van der Waals surface area contributed by atoms with E-state index in [1.54, 1.807) is 13.2 Å². The third kappa shape index (κ3) is 4.03. The van der Waals surface area contributed by atoms with Crippen LogP contribution in [0.3, 0.4) is 0 Å². The molecule has 1 atom stereocenters. The summed E-state index contributed by atoms with van der Waals surface area (Å²) in [5.41, 5.74) is 6.83. The molecular weight excluding hydrogens is 337 g/mol. The van der Waals surface area contributed by atoms with Crippen molar-refractivity contribution >= 4 is 34.8 Å². The second kappa shape index (κ2) is 7.60. The molecule has 1 unspecified atom stereocenters. The molecule has 23 heavy (non-hydrogen) atoms. The predicted octanol–water partition coefficient (Wildman–Crippen LogP) is 2.63. The van der Waals surface area contributed by atoms with Gasteiger partial charge in [0.05, 0.1) is 28.9 Å². The van der Waals surface area contributed by atoms with Gasteiger partial charge in [0.25, 0.3) is 0 Å². The molecule has 1 aromatic carbocycles. The maximum absolute atomic E-state index is 12.3. The van der Waals surface area contributed by atoms with Crippen LogP contribution in [0.25, 0.3) is 0 Å². The molecule has 0 bridgehead atoms. The standard InChI is InChI=1S/C16H23Cl2N3O2/c1-10(2)15(19)16(22)21-6-4-20(5-7-21)13-9-14(23-3)12(18)8-11(13)17/h8-10,15H,4-7,19H2,1-3H3. The zero-order chi connectivity index (χ0) is 17.1. The third-order valence-electron chi connectivity index (χ3n) is 4.16. The first-order chi connectivity index (χ1) is 10.8. The number of rotatable bonds is 4. The van der Waals surface area contributed by atoms with Crippen LogP contribution in [-0.2, 0) is 4.79 Å². The smallest absolute Gasteiger partial charge is 0.239 e. The number of piperazine rings is 1. The Hall–Kier alpha value is -1.17. The molecule has 2 rings (SSSR count). The fraction of sp³-hybridized carbons (Fsp3) is 0.562. The first-order valence-electron chi connectivity index (χ1n) is 7.67. The normalized spacial score (nSPS) is 16.7. The van der Waals surface area contributed by atoms with E-state index < -0.39 is 6.04 Å². The minimum atomic E-state index is -0.444. The van der Waals surface area contributed by atoms with Crippen LogP contribution in [0, 0.1) is 5.92 Å². The van der Waals surface area contributed by atoms with E-state index in [0.29, 0.717) is 42.0 Å². The van der Waals surface area contributed by atoms with Gasteiger partial charge in [0, 0.05) is 32.2 Å². The minimum absolute atomic E-state index is 0.0134. The molecule has 0 aromatic heterocycles. The van der Waals surface area contributed by atoms with Crippen LogP contribution in [0.2, 0.25) is 10.0 Å². The van der Waals surface area contributed by atoms with Crippen molar-refractivity contribution in [2.24, 2.45) is 11.7 Å². The summed E-state index contributed by atoms with van der Waals surface area (Å²) >= 11 is 12.4. The molecule has 7 heteroatoms. The quantitative estimate of drug-likeness (QED) is 0.897. The third-order valence-corrected chi connectivity index (χ3v) is 4.75. The molecule has 1 aliphatic heterocycles. The van der Waals surface area contributed by atoms with E-state index in [-0.39, 0.29) is 11.8 Å². The number of amides is 1. The highest BCUT2D eigenvalue weighted by atomic mass is 35.5. The first kappa shape index (κ1) is 18.2. The molecule has 1 aliphatic rings. The van der Waals surface area contributed by atoms with Crippen molar-refractivity contribution in [3.8, 4) is 5.75 Å². The monoisotopic (exact) mass is 359 g/mol. The van der Waals surface area contributed by atoms with Crippen molar-refractivity contribution in [3.05, 3.63) is 22.2 Å². The van der Waals surface area contributed by atoms with Gasteiger partial charge in [0.1, 0.15) is 5.75 Å². The Bertz CT molecular complexity index is 573. The zero-order valence-corrected chi connectivity index (χ0v) is 15.2. The van der Waals surface area contributed by atoms with E-state index in [0.717, 1.165) is 5.69 Å². The summed E-state index contributed by atoms with van der Waals surface area (Å²) < 4.78 is 5.25. The fourth-order valence-corrected chi connectivity index (χ4v) is 3.16. The van der Waals surface area contributed by atoms with Gasteiger partial charge in [-0.25, -0.2) is 0 Å². The second-order valence-electron chi connectivity index (χ2n) is 6.02. The van der Waals surface area contributed by atoms with E-state index >= 15 is 0 Å². The molecule has 1 fully saturated rings. The lowest BCUT2D eigenvalue weighted by atomic mass is 10.0. The molecule has 1 heterocycles. The van der Waals surface area contributed by atoms with Crippen molar-refractivity contribution in [3.63, 3.8) is 0 Å². The van der Waals surface area contributed by atoms with Gasteiger partial charge in [-0.15, -0.1) is 0 Å². The van der Waals surface area contributed by atoms with Gasteiger partial charge in [-0.2, -0.15) is 0 Å². The van der Waals surface area contributed by atoms with Crippen molar-refractivity contribution < 1.29 is 9.53 Å². The maximum Gasteiger partial charge on any atom is 0.239 e. The van der Waals surface area contributed by atoms with Crippen molar-refractivity contribution in [1.82, 2.24) is 4.90 Å². The average molecular weight is 360 g/mol. The summed E-state index contributed by atoms with van der Waals surface area (Å²) in [6, 6.07) is 3.08. The number of hydrogen-bond acceptors (Lipinski definition) is 4. The lowest BCUT2D eigenvalue weighted by Crippen LogP contribution is -2.54. The lowest BCUT2D eigenvalue weighted by molar-refractivity contribution is -0.133. The van der Waals surface area contributed by atoms with Crippen LogP contribution in [0.15, 0.2) is 12.1 Å². The van der Waals surface area contributed by atoms with Crippen molar-refractivity contribution in [2.75, 3.05) is 38.2 Å². The number of carbonyl (C=O) groups excluding carboxylic acids is 1. The summed E-state index contributed by atoms with van der Waals surface area (Å²) in [7, 11) is 1.57. The maximum atomic E-state index is 12.3. The number of anilines is 1. The highest BCUT2D eigenvalue weighted by molar-refractivity contribution is 6.37. The van der Waals surface area contributed by atoms with Gasteiger partial charge in [0.2, 0.25) is 5.91 Å². The molecule has 1 amide bonds. The van der Waals surface area contributed by atoms with Gasteiger partial charge in [-0.05, 0) is 12.0 Å². The second-order valence-corrected chi connectivity index (χ2v) is 6.83. The molecule has 0 spiro atoms. The Morgan fingerprint density at radius 3 is 2.30 bits per heavy atom. The Morgan fingerprint density at radius 2 is 1.78 bits per heavy atom. The molecule has 128 valence electrons. The molecule has 0 radical (unpaired) electrons. The molecule has 1 aromatic rings. The Morgan fingerprint density at radius 1 is 1.17 bits per heavy atom. The van der Waals surface area contributed by atoms with Gasteiger partial charge in [-0.1, -0.05) is 37.0 Å². The van der Waals surface area contributed by atoms with E-state index in [1.807, 2.05) is 24.8 Å². The van der Waals surface area contributed by atoms with Crippen LogP contribution >= 0.6 is 23.2 Å². The van der Waals surface area contributed by atoms with E-state index in [4.69, 9.17) is 33.7 Å². The summed E-state index contributed by atoms with van der Waals surface area (Å²) in [6.45, 7) is 6.56. The topological polar surface area (TPSA) is 58.8 Å². The Labute approximate surface area is 147 Å². The van der Waals surface area contributed by atoms with Crippen LogP contribution in [-0.4, -0.2) is 50.1 Å². The predicted molar refractivity (Wildman–Crippen MR) is 94.6 cm³/mol. The number of halogens is 2. The number of hydrogen-bond donors (Lipinski definition) is 1. The number of nitrogens with two attached hydrogens (primary N) is 1. The highest BCUT2D eigenvalue weighted by Crippen LogP contribution is 2.36. The largest absolute Gasteiger partial charge is 0.495 e. The average Bonchev–Trinajstić information content (AvgIpc) is 2.54. The molecule has 0 aliphatic carbocycles. The van der Waals surface area contributed by atoms with Gasteiger partial charge >= 0.3 is 0 Å². The van der Waals surface area contributed by atoms with Crippen molar-refractivity contribution in [1.29, 1.82) is 0 Å². The summed E-state index contributed by atoms with van der Waals surface area (Å²) in [4.78, 5) is 16.3. The first-order valence-corrected chi connectivity index (χ1v) is 8.43. The molecule has 0 saturated carbocycles. The van der Waals surface area contributed by atoms with Crippen LogP contribution in [0.1, 0.15) is 13.8 Å². The van der Waals surface area contributed by atoms with E-state index in [2.05, 4.69) is 4.90 Å². The van der Waals surface area contributed by atoms with Crippen LogP contribution in [0.4, 0.5) is 5.69 Å². The molecule has 2 N–H and O–H groups in total. The molecule has 1 saturated heterocycles. The van der Waals surface area contributed by atoms with Crippen LogP contribution in [0.5, 0.6) is 5.75 Å². The number of nitrogens with zero attached hydrogens (tertiary/aromatic N) is 2. The van der Waals surface area contributed by atoms with Crippen LogP contribution < -0.4 is 15.4 Å². The molecular formula is C16H23Cl2N3O2. The van der Waals surface area contributed by atoms with Gasteiger partial charge < -0.3 is 20.3 Å². The molecule has 5 nitrogen and oxygen atoms in total. The number of carbonyl (C=O) groups is 1. The minimum Gasteiger partial charge on any atom is -0.495 e. The summed E-state index contributed by atoms with van der Waals surface area (Å²) in [5.74, 6) is 0.737. The van der Waals surface area contributed by atoms with E-state index in [9.17, 15) is 4.79 Å². The van der Waals surface area contributed by atoms with Gasteiger partial charge in [-0.3, -0.25) is 4.79 Å². The zero-order valence-electron chi connectivity index (χ0n) is 13.7. The lowest BCUT2D eigenvalue weighted by Gasteiger charge is -2.38. The number of methoxy groups -OCH3 is 1. The number of ether oxygens (including phenoxy) is 1. The number of benzene rings is 1. The van der Waals surface area contributed by atoms with Gasteiger partial charge in [0.15, 0.2) is 0 Å². The Kier molecular flexibility index (Phi) is 6.00. The SMILES string of the molecule is COc1cc(N2CCN(C(=O)C(N)C(C)C)CC2)c(Cl)cc1Cl. The highest BCUT2D eigenvalue weighted by Gasteiger charge is 2.27. The summed E-state index contributed by atoms with van der Waals surface area (Å²) in [6.07, 6.45) is 0.